The summed E-state index contributed by atoms with van der Waals surface area (Å²) in [7, 11) is 1.99. The molecule has 15 heavy (non-hydrogen) atoms. The van der Waals surface area contributed by atoms with E-state index >= 15 is 0 Å². The summed E-state index contributed by atoms with van der Waals surface area (Å²) in [6.07, 6.45) is 4.51. The molecular weight excluding hydrogens is 182 g/mol. The summed E-state index contributed by atoms with van der Waals surface area (Å²) in [4.78, 5) is 0. The van der Waals surface area contributed by atoms with E-state index in [0.717, 1.165) is 19.4 Å². The largest absolute Gasteiger partial charge is 0.319 e. The lowest BCUT2D eigenvalue weighted by atomic mass is 10.0. The average molecular weight is 203 g/mol. The van der Waals surface area contributed by atoms with Crippen LogP contribution in [0.3, 0.4) is 0 Å². The standard InChI is InChI=1S/C14H21N/c1-12-6-8-14(9-7-12)11-13(2)5-4-10-15-3/h5-9,15H,4,10-11H2,1-3H3. The molecule has 0 aromatic heterocycles. The first kappa shape index (κ1) is 12.0. The van der Waals surface area contributed by atoms with Gasteiger partial charge in [-0.2, -0.15) is 0 Å². The molecular formula is C14H21N. The number of rotatable bonds is 5. The lowest BCUT2D eigenvalue weighted by Gasteiger charge is -2.03. The van der Waals surface area contributed by atoms with E-state index in [9.17, 15) is 0 Å². The molecule has 0 aliphatic rings. The molecule has 1 aromatic carbocycles. The van der Waals surface area contributed by atoms with E-state index < -0.39 is 0 Å². The third kappa shape index (κ3) is 4.80. The molecule has 1 aromatic rings. The molecule has 1 nitrogen and oxygen atoms in total. The van der Waals surface area contributed by atoms with Crippen molar-refractivity contribution in [3.05, 3.63) is 47.0 Å². The van der Waals surface area contributed by atoms with Crippen molar-refractivity contribution in [1.29, 1.82) is 0 Å². The van der Waals surface area contributed by atoms with E-state index in [4.69, 9.17) is 0 Å². The molecule has 0 aliphatic carbocycles. The predicted molar refractivity (Wildman–Crippen MR) is 67.2 cm³/mol. The zero-order valence-electron chi connectivity index (χ0n) is 10.0. The van der Waals surface area contributed by atoms with Gasteiger partial charge in [0.15, 0.2) is 0 Å². The van der Waals surface area contributed by atoms with Crippen LogP contribution in [-0.2, 0) is 6.42 Å². The Kier molecular flexibility index (Phi) is 5.13. The molecule has 0 saturated carbocycles. The Labute approximate surface area is 93.2 Å². The van der Waals surface area contributed by atoms with Gasteiger partial charge in [-0.1, -0.05) is 41.5 Å². The van der Waals surface area contributed by atoms with Crippen LogP contribution in [0.15, 0.2) is 35.9 Å². The molecule has 0 aliphatic heterocycles. The van der Waals surface area contributed by atoms with Gasteiger partial charge in [0.1, 0.15) is 0 Å². The molecule has 0 spiro atoms. The molecule has 0 fully saturated rings. The van der Waals surface area contributed by atoms with E-state index in [1.54, 1.807) is 0 Å². The lowest BCUT2D eigenvalue weighted by Crippen LogP contribution is -2.06. The van der Waals surface area contributed by atoms with Gasteiger partial charge in [0.2, 0.25) is 0 Å². The van der Waals surface area contributed by atoms with Crippen molar-refractivity contribution in [2.75, 3.05) is 13.6 Å². The number of nitrogens with one attached hydrogen (secondary N) is 1. The summed E-state index contributed by atoms with van der Waals surface area (Å²) in [6, 6.07) is 8.78. The van der Waals surface area contributed by atoms with Crippen molar-refractivity contribution in [2.45, 2.75) is 26.7 Å². The number of hydrogen-bond donors (Lipinski definition) is 1. The summed E-state index contributed by atoms with van der Waals surface area (Å²) in [5.74, 6) is 0. The van der Waals surface area contributed by atoms with Crippen molar-refractivity contribution < 1.29 is 0 Å². The minimum atomic E-state index is 1.06. The van der Waals surface area contributed by atoms with Crippen molar-refractivity contribution in [2.24, 2.45) is 0 Å². The fraction of sp³-hybridized carbons (Fsp3) is 0.429. The minimum Gasteiger partial charge on any atom is -0.319 e. The first-order chi connectivity index (χ1) is 7.22. The van der Waals surface area contributed by atoms with Crippen LogP contribution in [0.4, 0.5) is 0 Å². The number of allylic oxidation sites excluding steroid dienone is 1. The summed E-state index contributed by atoms with van der Waals surface area (Å²) >= 11 is 0. The first-order valence-electron chi connectivity index (χ1n) is 5.58. The van der Waals surface area contributed by atoms with Crippen LogP contribution in [0.5, 0.6) is 0 Å². The molecule has 82 valence electrons. The molecule has 0 atom stereocenters. The summed E-state index contributed by atoms with van der Waals surface area (Å²) < 4.78 is 0. The van der Waals surface area contributed by atoms with E-state index in [2.05, 4.69) is 49.5 Å². The maximum Gasteiger partial charge on any atom is -0.00172 e. The third-order valence-electron chi connectivity index (χ3n) is 2.49. The van der Waals surface area contributed by atoms with Gasteiger partial charge in [-0.25, -0.2) is 0 Å². The highest BCUT2D eigenvalue weighted by Gasteiger charge is 1.94. The molecule has 0 unspecified atom stereocenters. The van der Waals surface area contributed by atoms with Gasteiger partial charge in [0.05, 0.1) is 0 Å². The minimum absolute atomic E-state index is 1.06. The molecule has 0 saturated heterocycles. The van der Waals surface area contributed by atoms with Crippen molar-refractivity contribution >= 4 is 0 Å². The molecule has 1 N–H and O–H groups in total. The van der Waals surface area contributed by atoms with Gasteiger partial charge in [-0.05, 0) is 45.8 Å². The summed E-state index contributed by atoms with van der Waals surface area (Å²) in [5.41, 5.74) is 4.18. The van der Waals surface area contributed by atoms with E-state index in [1.165, 1.54) is 16.7 Å². The fourth-order valence-corrected chi connectivity index (χ4v) is 1.56. The van der Waals surface area contributed by atoms with Crippen LogP contribution in [-0.4, -0.2) is 13.6 Å². The Morgan fingerprint density at radius 2 is 1.93 bits per heavy atom. The highest BCUT2D eigenvalue weighted by Crippen LogP contribution is 2.09. The van der Waals surface area contributed by atoms with Crippen LogP contribution in [0.25, 0.3) is 0 Å². The monoisotopic (exact) mass is 203 g/mol. The van der Waals surface area contributed by atoms with E-state index in [1.807, 2.05) is 7.05 Å². The van der Waals surface area contributed by atoms with Gasteiger partial charge in [-0.15, -0.1) is 0 Å². The molecule has 0 amide bonds. The Morgan fingerprint density at radius 3 is 2.53 bits per heavy atom. The SMILES string of the molecule is CNCCC=C(C)Cc1ccc(C)cc1. The van der Waals surface area contributed by atoms with Crippen LogP contribution in [0, 0.1) is 6.92 Å². The predicted octanol–water partition coefficient (Wildman–Crippen LogP) is 3.09. The third-order valence-corrected chi connectivity index (χ3v) is 2.49. The normalized spacial score (nSPS) is 11.8. The molecule has 0 heterocycles. The Morgan fingerprint density at radius 1 is 1.27 bits per heavy atom. The Hall–Kier alpha value is -1.08. The highest BCUT2D eigenvalue weighted by atomic mass is 14.8. The van der Waals surface area contributed by atoms with Gasteiger partial charge in [0, 0.05) is 0 Å². The second kappa shape index (κ2) is 6.41. The quantitative estimate of drug-likeness (QED) is 0.573. The number of aryl methyl sites for hydroxylation is 1. The van der Waals surface area contributed by atoms with Crippen LogP contribution in [0.2, 0.25) is 0 Å². The van der Waals surface area contributed by atoms with Crippen LogP contribution in [0.1, 0.15) is 24.5 Å². The fourth-order valence-electron chi connectivity index (χ4n) is 1.56. The van der Waals surface area contributed by atoms with Gasteiger partial charge < -0.3 is 5.32 Å². The van der Waals surface area contributed by atoms with Crippen molar-refractivity contribution in [1.82, 2.24) is 5.32 Å². The Bertz CT molecular complexity index is 309. The van der Waals surface area contributed by atoms with E-state index in [-0.39, 0.29) is 0 Å². The van der Waals surface area contributed by atoms with Crippen LogP contribution >= 0.6 is 0 Å². The Balaban J connectivity index is 2.47. The topological polar surface area (TPSA) is 12.0 Å². The molecule has 1 heteroatoms. The van der Waals surface area contributed by atoms with Crippen molar-refractivity contribution in [3.8, 4) is 0 Å². The van der Waals surface area contributed by atoms with Gasteiger partial charge in [-0.3, -0.25) is 0 Å². The van der Waals surface area contributed by atoms with Gasteiger partial charge in [0.25, 0.3) is 0 Å². The average Bonchev–Trinajstić information content (AvgIpc) is 2.22. The second-order valence-electron chi connectivity index (χ2n) is 4.11. The van der Waals surface area contributed by atoms with Crippen molar-refractivity contribution in [3.63, 3.8) is 0 Å². The summed E-state index contributed by atoms with van der Waals surface area (Å²) in [5, 5.41) is 3.15. The lowest BCUT2D eigenvalue weighted by molar-refractivity contribution is 0.803. The van der Waals surface area contributed by atoms with E-state index in [0.29, 0.717) is 0 Å². The highest BCUT2D eigenvalue weighted by molar-refractivity contribution is 5.25. The second-order valence-corrected chi connectivity index (χ2v) is 4.11. The first-order valence-corrected chi connectivity index (χ1v) is 5.58. The van der Waals surface area contributed by atoms with Crippen LogP contribution < -0.4 is 5.32 Å². The molecule has 0 bridgehead atoms. The maximum atomic E-state index is 3.15. The number of hydrogen-bond acceptors (Lipinski definition) is 1. The molecule has 1 rings (SSSR count). The van der Waals surface area contributed by atoms with Gasteiger partial charge >= 0.3 is 0 Å². The zero-order valence-corrected chi connectivity index (χ0v) is 10.0. The smallest absolute Gasteiger partial charge is 0.00172 e. The zero-order chi connectivity index (χ0) is 11.1. The molecule has 0 radical (unpaired) electrons. The summed E-state index contributed by atoms with van der Waals surface area (Å²) in [6.45, 7) is 5.39. The maximum absolute atomic E-state index is 3.15. The number of benzene rings is 1.